The highest BCUT2D eigenvalue weighted by atomic mass is 32.1. The molecule has 21 heavy (non-hydrogen) atoms. The third kappa shape index (κ3) is 3.41. The van der Waals surface area contributed by atoms with E-state index in [1.807, 2.05) is 0 Å². The Balaban J connectivity index is 2.25. The van der Waals surface area contributed by atoms with Gasteiger partial charge in [0.2, 0.25) is 0 Å². The van der Waals surface area contributed by atoms with Gasteiger partial charge in [-0.2, -0.15) is 0 Å². The Morgan fingerprint density at radius 2 is 1.90 bits per heavy atom. The molecule has 0 aromatic heterocycles. The van der Waals surface area contributed by atoms with Gasteiger partial charge in [-0.25, -0.2) is 8.78 Å². The SMILES string of the molecule is Cc1cc(F)ccc1C(=O)Nc1ccc(C(N)=S)cc1F. The number of nitrogens with two attached hydrogens (primary N) is 1. The van der Waals surface area contributed by atoms with Crippen LogP contribution in [0.15, 0.2) is 36.4 Å². The number of rotatable bonds is 3. The molecule has 6 heteroatoms. The van der Waals surface area contributed by atoms with Crippen LogP contribution in [0.25, 0.3) is 0 Å². The largest absolute Gasteiger partial charge is 0.389 e. The number of hydrogen-bond donors (Lipinski definition) is 2. The Morgan fingerprint density at radius 3 is 2.48 bits per heavy atom. The third-order valence-corrected chi connectivity index (χ3v) is 3.17. The van der Waals surface area contributed by atoms with E-state index in [9.17, 15) is 13.6 Å². The van der Waals surface area contributed by atoms with Gasteiger partial charge in [0.1, 0.15) is 16.6 Å². The Labute approximate surface area is 125 Å². The summed E-state index contributed by atoms with van der Waals surface area (Å²) >= 11 is 4.75. The van der Waals surface area contributed by atoms with Crippen molar-refractivity contribution in [1.29, 1.82) is 0 Å². The van der Waals surface area contributed by atoms with Gasteiger partial charge >= 0.3 is 0 Å². The van der Waals surface area contributed by atoms with E-state index in [1.54, 1.807) is 6.92 Å². The summed E-state index contributed by atoms with van der Waals surface area (Å²) in [5, 5.41) is 2.43. The molecule has 0 unspecified atom stereocenters. The van der Waals surface area contributed by atoms with Gasteiger partial charge in [-0.15, -0.1) is 0 Å². The minimum atomic E-state index is -0.645. The van der Waals surface area contributed by atoms with Crippen molar-refractivity contribution < 1.29 is 13.6 Å². The van der Waals surface area contributed by atoms with E-state index < -0.39 is 17.5 Å². The number of hydrogen-bond acceptors (Lipinski definition) is 2. The molecule has 0 saturated carbocycles. The molecule has 3 nitrogen and oxygen atoms in total. The summed E-state index contributed by atoms with van der Waals surface area (Å²) in [6.07, 6.45) is 0. The third-order valence-electron chi connectivity index (χ3n) is 2.93. The average molecular weight is 306 g/mol. The number of carbonyl (C=O) groups excluding carboxylic acids is 1. The molecular formula is C15H12F2N2OS. The maximum absolute atomic E-state index is 13.9. The zero-order valence-corrected chi connectivity index (χ0v) is 11.9. The van der Waals surface area contributed by atoms with Crippen LogP contribution in [0, 0.1) is 18.6 Å². The lowest BCUT2D eigenvalue weighted by Crippen LogP contribution is -2.15. The zero-order chi connectivity index (χ0) is 15.6. The molecular weight excluding hydrogens is 294 g/mol. The molecule has 0 aliphatic carbocycles. The maximum atomic E-state index is 13.9. The second-order valence-corrected chi connectivity index (χ2v) is 4.91. The van der Waals surface area contributed by atoms with Crippen molar-refractivity contribution in [2.45, 2.75) is 6.92 Å². The lowest BCUT2D eigenvalue weighted by atomic mass is 10.1. The molecule has 2 aromatic rings. The fourth-order valence-electron chi connectivity index (χ4n) is 1.84. The van der Waals surface area contributed by atoms with Gasteiger partial charge in [0.25, 0.3) is 5.91 Å². The lowest BCUT2D eigenvalue weighted by Gasteiger charge is -2.09. The number of benzene rings is 2. The molecule has 0 aliphatic rings. The second kappa shape index (κ2) is 5.97. The van der Waals surface area contributed by atoms with Crippen molar-refractivity contribution in [3.63, 3.8) is 0 Å². The predicted molar refractivity (Wildman–Crippen MR) is 81.4 cm³/mol. The van der Waals surface area contributed by atoms with E-state index in [0.29, 0.717) is 11.1 Å². The van der Waals surface area contributed by atoms with E-state index >= 15 is 0 Å². The molecule has 2 aromatic carbocycles. The van der Waals surface area contributed by atoms with Crippen LogP contribution in [0.2, 0.25) is 0 Å². The molecule has 3 N–H and O–H groups in total. The summed E-state index contributed by atoms with van der Waals surface area (Å²) in [5.74, 6) is -1.60. The van der Waals surface area contributed by atoms with Gasteiger partial charge in [-0.3, -0.25) is 4.79 Å². The van der Waals surface area contributed by atoms with Gasteiger partial charge in [-0.05, 0) is 48.9 Å². The number of thiocarbonyl (C=S) groups is 1. The molecule has 0 saturated heterocycles. The van der Waals surface area contributed by atoms with E-state index in [4.69, 9.17) is 18.0 Å². The van der Waals surface area contributed by atoms with Crippen LogP contribution < -0.4 is 11.1 Å². The smallest absolute Gasteiger partial charge is 0.256 e. The molecule has 0 heterocycles. The van der Waals surface area contributed by atoms with Crippen LogP contribution >= 0.6 is 12.2 Å². The van der Waals surface area contributed by atoms with Crippen LogP contribution in [-0.2, 0) is 0 Å². The van der Waals surface area contributed by atoms with Crippen molar-refractivity contribution in [2.75, 3.05) is 5.32 Å². The van der Waals surface area contributed by atoms with Gasteiger partial charge < -0.3 is 11.1 Å². The molecule has 0 aliphatic heterocycles. The summed E-state index contributed by atoms with van der Waals surface area (Å²) in [6.45, 7) is 1.60. The van der Waals surface area contributed by atoms with Gasteiger partial charge in [0.05, 0.1) is 5.69 Å². The van der Waals surface area contributed by atoms with E-state index in [-0.39, 0.29) is 16.2 Å². The molecule has 0 spiro atoms. The molecule has 1 amide bonds. The van der Waals surface area contributed by atoms with Crippen LogP contribution in [-0.4, -0.2) is 10.9 Å². The first-order chi connectivity index (χ1) is 9.88. The monoisotopic (exact) mass is 306 g/mol. The standard InChI is InChI=1S/C15H12F2N2OS/c1-8-6-10(16)3-4-11(8)15(20)19-13-5-2-9(14(18)21)7-12(13)17/h2-7H,1H3,(H2,18,21)(H,19,20). The highest BCUT2D eigenvalue weighted by Gasteiger charge is 2.13. The van der Waals surface area contributed by atoms with E-state index in [2.05, 4.69) is 5.32 Å². The van der Waals surface area contributed by atoms with Gasteiger partial charge in [0, 0.05) is 11.1 Å². The highest BCUT2D eigenvalue weighted by molar-refractivity contribution is 7.80. The van der Waals surface area contributed by atoms with E-state index in [1.165, 1.54) is 30.3 Å². The zero-order valence-electron chi connectivity index (χ0n) is 11.1. The van der Waals surface area contributed by atoms with Crippen LogP contribution in [0.1, 0.15) is 21.5 Å². The highest BCUT2D eigenvalue weighted by Crippen LogP contribution is 2.18. The Bertz CT molecular complexity index is 732. The predicted octanol–water partition coefficient (Wildman–Crippen LogP) is 3.16. The lowest BCUT2D eigenvalue weighted by molar-refractivity contribution is 0.102. The summed E-state index contributed by atoms with van der Waals surface area (Å²) in [4.78, 5) is 12.1. The maximum Gasteiger partial charge on any atom is 0.256 e. The second-order valence-electron chi connectivity index (χ2n) is 4.47. The molecule has 0 radical (unpaired) electrons. The number of aryl methyl sites for hydroxylation is 1. The first-order valence-electron chi connectivity index (χ1n) is 6.05. The molecule has 2 rings (SSSR count). The normalized spacial score (nSPS) is 10.2. The fraction of sp³-hybridized carbons (Fsp3) is 0.0667. The van der Waals surface area contributed by atoms with Crippen molar-refractivity contribution in [2.24, 2.45) is 5.73 Å². The molecule has 0 bridgehead atoms. The first kappa shape index (κ1) is 15.1. The first-order valence-corrected chi connectivity index (χ1v) is 6.46. The molecule has 108 valence electrons. The minimum absolute atomic E-state index is 0.00345. The van der Waals surface area contributed by atoms with E-state index in [0.717, 1.165) is 6.07 Å². The number of amides is 1. The number of anilines is 1. The fourth-order valence-corrected chi connectivity index (χ4v) is 1.97. The summed E-state index contributed by atoms with van der Waals surface area (Å²) < 4.78 is 26.9. The van der Waals surface area contributed by atoms with Crippen molar-refractivity contribution >= 4 is 28.8 Å². The number of nitrogens with one attached hydrogen (secondary N) is 1. The van der Waals surface area contributed by atoms with Crippen molar-refractivity contribution in [3.8, 4) is 0 Å². The van der Waals surface area contributed by atoms with Crippen LogP contribution in [0.4, 0.5) is 14.5 Å². The van der Waals surface area contributed by atoms with Crippen LogP contribution in [0.3, 0.4) is 0 Å². The Kier molecular flexibility index (Phi) is 4.28. The summed E-state index contributed by atoms with van der Waals surface area (Å²) in [5.41, 5.74) is 6.52. The molecule has 0 fully saturated rings. The quantitative estimate of drug-likeness (QED) is 0.857. The Morgan fingerprint density at radius 1 is 1.19 bits per heavy atom. The average Bonchev–Trinajstić information content (AvgIpc) is 2.40. The van der Waals surface area contributed by atoms with Crippen molar-refractivity contribution in [1.82, 2.24) is 0 Å². The topological polar surface area (TPSA) is 55.1 Å². The summed E-state index contributed by atoms with van der Waals surface area (Å²) in [6, 6.07) is 7.80. The van der Waals surface area contributed by atoms with Gasteiger partial charge in [0.15, 0.2) is 0 Å². The Hall–Kier alpha value is -2.34. The van der Waals surface area contributed by atoms with Crippen LogP contribution in [0.5, 0.6) is 0 Å². The van der Waals surface area contributed by atoms with Crippen molar-refractivity contribution in [3.05, 3.63) is 64.7 Å². The minimum Gasteiger partial charge on any atom is -0.389 e. The summed E-state index contributed by atoms with van der Waals surface area (Å²) in [7, 11) is 0. The number of halogens is 2. The number of carbonyl (C=O) groups is 1. The van der Waals surface area contributed by atoms with Gasteiger partial charge in [-0.1, -0.05) is 12.2 Å². The molecule has 0 atom stereocenters.